The Morgan fingerprint density at radius 1 is 0.921 bits per heavy atom. The molecule has 2 heterocycles. The van der Waals surface area contributed by atoms with E-state index < -0.39 is 0 Å². The van der Waals surface area contributed by atoms with Crippen molar-refractivity contribution >= 4 is 23.4 Å². The van der Waals surface area contributed by atoms with Gasteiger partial charge in [-0.05, 0) is 80.9 Å². The summed E-state index contributed by atoms with van der Waals surface area (Å²) in [6, 6.07) is 24.4. The van der Waals surface area contributed by atoms with Crippen LogP contribution < -0.4 is 14.4 Å². The molecule has 0 spiro atoms. The first-order valence-corrected chi connectivity index (χ1v) is 13.5. The minimum atomic E-state index is -0.0541. The molecular weight excluding hydrogens is 476 g/mol. The number of fused-ring (bicyclic) bond motifs is 1. The van der Waals surface area contributed by atoms with Crippen LogP contribution in [0.5, 0.6) is 11.5 Å². The molecule has 3 aromatic rings. The van der Waals surface area contributed by atoms with E-state index in [1.165, 1.54) is 5.56 Å². The van der Waals surface area contributed by atoms with Gasteiger partial charge in [0, 0.05) is 54.7 Å². The maximum absolute atomic E-state index is 14.1. The van der Waals surface area contributed by atoms with Gasteiger partial charge in [-0.25, -0.2) is 0 Å². The topological polar surface area (TPSA) is 51.2 Å². The summed E-state index contributed by atoms with van der Waals surface area (Å²) in [5.41, 5.74) is 4.48. The molecule has 2 aliphatic heterocycles. The minimum Gasteiger partial charge on any atom is -0.494 e. The van der Waals surface area contributed by atoms with Gasteiger partial charge in [-0.2, -0.15) is 0 Å². The Balaban J connectivity index is 1.43. The minimum absolute atomic E-state index is 0.0541. The molecule has 1 saturated heterocycles. The monoisotopic (exact) mass is 512 g/mol. The van der Waals surface area contributed by atoms with E-state index in [9.17, 15) is 4.79 Å². The predicted molar refractivity (Wildman–Crippen MR) is 151 cm³/mol. The molecule has 0 aliphatic carbocycles. The smallest absolute Gasteiger partial charge is 0.258 e. The van der Waals surface area contributed by atoms with Crippen LogP contribution in [-0.4, -0.2) is 50.3 Å². The Hall–Kier alpha value is -3.61. The predicted octanol–water partition coefficient (Wildman–Crippen LogP) is 6.23. The van der Waals surface area contributed by atoms with E-state index in [-0.39, 0.29) is 5.91 Å². The first-order valence-electron chi connectivity index (χ1n) is 13.5. The van der Waals surface area contributed by atoms with Gasteiger partial charge in [-0.1, -0.05) is 30.3 Å². The van der Waals surface area contributed by atoms with Gasteiger partial charge in [-0.3, -0.25) is 14.6 Å². The molecule has 3 aromatic carbocycles. The Morgan fingerprint density at radius 2 is 1.61 bits per heavy atom. The van der Waals surface area contributed by atoms with E-state index in [1.54, 1.807) is 4.90 Å². The van der Waals surface area contributed by atoms with Crippen LogP contribution in [0.2, 0.25) is 0 Å². The number of para-hydroxylation sites is 1. The number of carbonyl (C=O) groups excluding carboxylic acids is 1. The van der Waals surface area contributed by atoms with Crippen molar-refractivity contribution in [2.45, 2.75) is 38.8 Å². The number of hydrogen-bond donors (Lipinski definition) is 0. The third-order valence-corrected chi connectivity index (χ3v) is 7.20. The van der Waals surface area contributed by atoms with Crippen LogP contribution in [0.1, 0.15) is 37.3 Å². The van der Waals surface area contributed by atoms with E-state index in [0.717, 1.165) is 61.0 Å². The van der Waals surface area contributed by atoms with Crippen molar-refractivity contribution in [1.82, 2.24) is 4.90 Å². The Morgan fingerprint density at radius 3 is 2.32 bits per heavy atom. The summed E-state index contributed by atoms with van der Waals surface area (Å²) in [6.07, 6.45) is 4.63. The third-order valence-electron chi connectivity index (χ3n) is 7.20. The average molecular weight is 513 g/mol. The van der Waals surface area contributed by atoms with Gasteiger partial charge < -0.3 is 14.2 Å². The molecule has 1 amide bonds. The molecule has 0 aromatic heterocycles. The fourth-order valence-electron chi connectivity index (χ4n) is 5.11. The molecule has 6 heteroatoms. The van der Waals surface area contributed by atoms with Crippen molar-refractivity contribution in [3.8, 4) is 11.5 Å². The summed E-state index contributed by atoms with van der Waals surface area (Å²) in [4.78, 5) is 18.3. The first-order chi connectivity index (χ1) is 18.6. The molecule has 0 atom stereocenters. The van der Waals surface area contributed by atoms with Gasteiger partial charge in [0.05, 0.1) is 13.2 Å². The zero-order valence-electron chi connectivity index (χ0n) is 22.3. The number of anilines is 2. The van der Waals surface area contributed by atoms with Gasteiger partial charge in [-0.15, -0.1) is 0 Å². The van der Waals surface area contributed by atoms with Gasteiger partial charge in [0.15, 0.2) is 0 Å². The Kier molecular flexibility index (Phi) is 8.41. The second-order valence-corrected chi connectivity index (χ2v) is 9.80. The van der Waals surface area contributed by atoms with E-state index in [4.69, 9.17) is 14.2 Å². The molecule has 6 nitrogen and oxygen atoms in total. The molecule has 0 unspecified atom stereocenters. The molecule has 5 rings (SSSR count). The van der Waals surface area contributed by atoms with Crippen molar-refractivity contribution in [2.75, 3.05) is 38.4 Å². The zero-order chi connectivity index (χ0) is 26.3. The van der Waals surface area contributed by atoms with E-state index >= 15 is 0 Å². The molecule has 0 bridgehead atoms. The summed E-state index contributed by atoms with van der Waals surface area (Å²) in [5, 5.41) is 0. The van der Waals surface area contributed by atoms with Crippen molar-refractivity contribution in [1.29, 1.82) is 0 Å². The number of rotatable bonds is 8. The van der Waals surface area contributed by atoms with Gasteiger partial charge >= 0.3 is 0 Å². The Labute approximate surface area is 225 Å². The highest BCUT2D eigenvalue weighted by atomic mass is 16.5. The number of ether oxygens (including phenoxy) is 3. The molecule has 1 fully saturated rings. The maximum Gasteiger partial charge on any atom is 0.258 e. The van der Waals surface area contributed by atoms with E-state index in [2.05, 4.69) is 24.1 Å². The number of nitrogens with zero attached hydrogens (tertiary/aromatic N) is 2. The number of amides is 1. The highest BCUT2D eigenvalue weighted by Gasteiger charge is 2.24. The van der Waals surface area contributed by atoms with Crippen LogP contribution in [0.4, 0.5) is 11.4 Å². The summed E-state index contributed by atoms with van der Waals surface area (Å²) in [5.74, 6) is 1.54. The second-order valence-electron chi connectivity index (χ2n) is 9.80. The highest BCUT2D eigenvalue weighted by molar-refractivity contribution is 6.13. The summed E-state index contributed by atoms with van der Waals surface area (Å²) >= 11 is 0. The van der Waals surface area contributed by atoms with Crippen molar-refractivity contribution < 1.29 is 19.0 Å². The molecule has 0 radical (unpaired) electrons. The fourth-order valence-corrected chi connectivity index (χ4v) is 5.11. The molecule has 198 valence electrons. The zero-order valence-corrected chi connectivity index (χ0v) is 22.3. The SMILES string of the molecule is CCOc1ccc(N(C(=O)C2=Cc3ccccc3OCC2)c2ccc(CN(C)C3CCOCC3)cc2)cc1. The summed E-state index contributed by atoms with van der Waals surface area (Å²) < 4.78 is 17.1. The lowest BCUT2D eigenvalue weighted by Gasteiger charge is -2.31. The first kappa shape index (κ1) is 26.0. The largest absolute Gasteiger partial charge is 0.494 e. The highest BCUT2D eigenvalue weighted by Crippen LogP contribution is 2.33. The molecule has 0 N–H and O–H groups in total. The number of benzene rings is 3. The maximum atomic E-state index is 14.1. The summed E-state index contributed by atoms with van der Waals surface area (Å²) in [7, 11) is 2.18. The normalized spacial score (nSPS) is 15.7. The van der Waals surface area contributed by atoms with Crippen molar-refractivity contribution in [3.63, 3.8) is 0 Å². The van der Waals surface area contributed by atoms with Crippen LogP contribution in [0.3, 0.4) is 0 Å². The quantitative estimate of drug-likeness (QED) is 0.358. The van der Waals surface area contributed by atoms with Crippen LogP contribution >= 0.6 is 0 Å². The number of hydrogen-bond acceptors (Lipinski definition) is 5. The standard InChI is InChI=1S/C32H36N2O4/c1-3-37-30-14-12-29(13-15-30)34(32(35)26-16-21-38-31-7-5-4-6-25(31)22-26)28-10-8-24(9-11-28)23-33(2)27-17-19-36-20-18-27/h4-15,22,27H,3,16-21,23H2,1-2H3. The van der Waals surface area contributed by atoms with Crippen LogP contribution in [0.15, 0.2) is 78.4 Å². The van der Waals surface area contributed by atoms with Gasteiger partial charge in [0.25, 0.3) is 5.91 Å². The lowest BCUT2D eigenvalue weighted by Crippen LogP contribution is -2.36. The summed E-state index contributed by atoms with van der Waals surface area (Å²) in [6.45, 7) is 5.54. The molecular formula is C32H36N2O4. The molecule has 0 saturated carbocycles. The van der Waals surface area contributed by atoms with Crippen molar-refractivity contribution in [3.05, 3.63) is 89.5 Å². The Bertz CT molecular complexity index is 1250. The van der Waals surface area contributed by atoms with Crippen molar-refractivity contribution in [2.24, 2.45) is 0 Å². The average Bonchev–Trinajstić information content (AvgIpc) is 3.18. The van der Waals surface area contributed by atoms with Crippen LogP contribution in [0.25, 0.3) is 6.08 Å². The van der Waals surface area contributed by atoms with Crippen LogP contribution in [0, 0.1) is 0 Å². The van der Waals surface area contributed by atoms with E-state index in [1.807, 2.05) is 73.7 Å². The lowest BCUT2D eigenvalue weighted by molar-refractivity contribution is -0.114. The van der Waals surface area contributed by atoms with Gasteiger partial charge in [0.2, 0.25) is 0 Å². The second kappa shape index (κ2) is 12.3. The molecule has 38 heavy (non-hydrogen) atoms. The van der Waals surface area contributed by atoms with Crippen LogP contribution in [-0.2, 0) is 16.1 Å². The lowest BCUT2D eigenvalue weighted by atomic mass is 10.0. The molecule has 2 aliphatic rings. The fraction of sp³-hybridized carbons (Fsp3) is 0.344. The van der Waals surface area contributed by atoms with Gasteiger partial charge in [0.1, 0.15) is 11.5 Å². The number of carbonyl (C=O) groups is 1. The third kappa shape index (κ3) is 6.09. The van der Waals surface area contributed by atoms with E-state index in [0.29, 0.717) is 31.2 Å².